The minimum Gasteiger partial charge on any atom is -0.100 e. The van der Waals surface area contributed by atoms with E-state index < -0.39 is 0 Å². The summed E-state index contributed by atoms with van der Waals surface area (Å²) in [5.74, 6) is 0. The molecule has 0 N–H and O–H groups in total. The molecule has 0 nitrogen and oxygen atoms in total. The Morgan fingerprint density at radius 3 is 1.71 bits per heavy atom. The molecule has 0 aromatic heterocycles. The summed E-state index contributed by atoms with van der Waals surface area (Å²) in [6.07, 6.45) is 13.9. The summed E-state index contributed by atoms with van der Waals surface area (Å²) in [6, 6.07) is 0. The molecule has 0 radical (unpaired) electrons. The molecule has 0 heteroatoms. The molecular weight excluding hydrogens is 252 g/mol. The van der Waals surface area contributed by atoms with E-state index in [0.29, 0.717) is 0 Å². The molecule has 0 bridgehead atoms. The van der Waals surface area contributed by atoms with Gasteiger partial charge in [-0.25, -0.2) is 0 Å². The number of unbranched alkanes of at least 4 members (excludes halogenated alkanes) is 2. The average Bonchev–Trinajstić information content (AvgIpc) is 2.44. The van der Waals surface area contributed by atoms with Gasteiger partial charge in [-0.1, -0.05) is 49.1 Å². The van der Waals surface area contributed by atoms with E-state index in [2.05, 4.69) is 40.9 Å². The summed E-state index contributed by atoms with van der Waals surface area (Å²) in [5.41, 5.74) is 6.11. The maximum Gasteiger partial charge on any atom is -0.0318 e. The van der Waals surface area contributed by atoms with Gasteiger partial charge in [-0.05, 0) is 78.1 Å². The summed E-state index contributed by atoms with van der Waals surface area (Å²) in [7, 11) is 0. The van der Waals surface area contributed by atoms with E-state index in [9.17, 15) is 0 Å². The van der Waals surface area contributed by atoms with Crippen LogP contribution in [0.2, 0.25) is 0 Å². The molecule has 122 valence electrons. The van der Waals surface area contributed by atoms with Crippen LogP contribution in [0.25, 0.3) is 0 Å². The molecule has 0 saturated carbocycles. The fraction of sp³-hybridized carbons (Fsp3) is 0.714. The van der Waals surface area contributed by atoms with Gasteiger partial charge >= 0.3 is 0 Å². The molecule has 0 saturated heterocycles. The van der Waals surface area contributed by atoms with Crippen molar-refractivity contribution in [3.05, 3.63) is 35.5 Å². The number of hydrogen-bond donors (Lipinski definition) is 0. The van der Waals surface area contributed by atoms with Crippen LogP contribution in [0.15, 0.2) is 35.5 Å². The Morgan fingerprint density at radius 1 is 0.714 bits per heavy atom. The van der Waals surface area contributed by atoms with Crippen molar-refractivity contribution in [3.63, 3.8) is 0 Å². The van der Waals surface area contributed by atoms with Crippen molar-refractivity contribution in [2.75, 3.05) is 0 Å². The fourth-order valence-electron chi connectivity index (χ4n) is 2.76. The van der Waals surface area contributed by atoms with Gasteiger partial charge in [0, 0.05) is 0 Å². The maximum atomic E-state index is 4.17. The van der Waals surface area contributed by atoms with Crippen LogP contribution in [0.3, 0.4) is 0 Å². The molecule has 0 aliphatic rings. The Balaban J connectivity index is 4.03. The lowest BCUT2D eigenvalue weighted by molar-refractivity contribution is 0.653. The highest BCUT2D eigenvalue weighted by atomic mass is 14.1. The van der Waals surface area contributed by atoms with E-state index in [1.54, 1.807) is 11.1 Å². The van der Waals surface area contributed by atoms with Crippen LogP contribution in [0.4, 0.5) is 0 Å². The van der Waals surface area contributed by atoms with Crippen molar-refractivity contribution >= 4 is 0 Å². The van der Waals surface area contributed by atoms with Gasteiger partial charge in [0.1, 0.15) is 0 Å². The second-order valence-electron chi connectivity index (χ2n) is 6.61. The predicted molar refractivity (Wildman–Crippen MR) is 98.8 cm³/mol. The third-order valence-corrected chi connectivity index (χ3v) is 4.33. The molecule has 0 rings (SSSR count). The zero-order valence-corrected chi connectivity index (χ0v) is 15.2. The maximum absolute atomic E-state index is 4.17. The highest BCUT2D eigenvalue weighted by Gasteiger charge is 2.03. The molecule has 0 fully saturated rings. The van der Waals surface area contributed by atoms with Crippen LogP contribution in [0.5, 0.6) is 0 Å². The molecule has 0 amide bonds. The third-order valence-electron chi connectivity index (χ3n) is 4.33. The Bertz CT molecular complexity index is 330. The van der Waals surface area contributed by atoms with Gasteiger partial charge in [-0.2, -0.15) is 0 Å². The van der Waals surface area contributed by atoms with Crippen molar-refractivity contribution < 1.29 is 0 Å². The van der Waals surface area contributed by atoms with E-state index in [1.165, 1.54) is 81.8 Å². The van der Waals surface area contributed by atoms with Gasteiger partial charge in [0.15, 0.2) is 0 Å². The second kappa shape index (κ2) is 12.9. The Hall–Kier alpha value is -0.780. The van der Waals surface area contributed by atoms with Gasteiger partial charge in [0.25, 0.3) is 0 Å². The average molecular weight is 291 g/mol. The van der Waals surface area contributed by atoms with Crippen LogP contribution < -0.4 is 0 Å². The topological polar surface area (TPSA) is 0 Å². The number of rotatable bonds is 13. The van der Waals surface area contributed by atoms with Gasteiger partial charge in [0.05, 0.1) is 0 Å². The summed E-state index contributed by atoms with van der Waals surface area (Å²) in [6.45, 7) is 17.1. The lowest BCUT2D eigenvalue weighted by atomic mass is 9.94. The van der Waals surface area contributed by atoms with Crippen LogP contribution >= 0.6 is 0 Å². The van der Waals surface area contributed by atoms with E-state index in [-0.39, 0.29) is 0 Å². The molecule has 0 spiro atoms. The normalized spacial score (nSPS) is 12.2. The van der Waals surface area contributed by atoms with Gasteiger partial charge in [-0.15, -0.1) is 6.58 Å². The first-order valence-corrected chi connectivity index (χ1v) is 8.99. The van der Waals surface area contributed by atoms with Gasteiger partial charge in [0.2, 0.25) is 0 Å². The minimum absolute atomic E-state index is 1.19. The van der Waals surface area contributed by atoms with E-state index >= 15 is 0 Å². The smallest absolute Gasteiger partial charge is 0.0318 e. The van der Waals surface area contributed by atoms with Crippen molar-refractivity contribution in [1.29, 1.82) is 0 Å². The number of allylic oxidation sites excluding steroid dienone is 4. The molecular formula is C21H38. The second-order valence-corrected chi connectivity index (χ2v) is 6.61. The third kappa shape index (κ3) is 11.5. The first-order chi connectivity index (χ1) is 10.0. The summed E-state index contributed by atoms with van der Waals surface area (Å²) in [4.78, 5) is 0. The first kappa shape index (κ1) is 20.2. The molecule has 0 aliphatic carbocycles. The Kier molecular flexibility index (Phi) is 12.4. The Labute approximate surface area is 134 Å². The fourth-order valence-corrected chi connectivity index (χ4v) is 2.76. The molecule has 21 heavy (non-hydrogen) atoms. The lowest BCUT2D eigenvalue weighted by Gasteiger charge is -2.12. The minimum atomic E-state index is 1.19. The Morgan fingerprint density at radius 2 is 1.24 bits per heavy atom. The first-order valence-electron chi connectivity index (χ1n) is 8.99. The van der Waals surface area contributed by atoms with Gasteiger partial charge < -0.3 is 0 Å². The monoisotopic (exact) mass is 290 g/mol. The molecule has 0 aliphatic heterocycles. The van der Waals surface area contributed by atoms with Crippen molar-refractivity contribution in [3.8, 4) is 0 Å². The highest BCUT2D eigenvalue weighted by Crippen LogP contribution is 2.23. The zero-order valence-electron chi connectivity index (χ0n) is 15.2. The predicted octanol–water partition coefficient (Wildman–Crippen LogP) is 7.77. The van der Waals surface area contributed by atoms with Crippen molar-refractivity contribution in [2.24, 2.45) is 0 Å². The molecule has 0 unspecified atom stereocenters. The molecule has 0 atom stereocenters. The van der Waals surface area contributed by atoms with E-state index in [4.69, 9.17) is 0 Å². The molecule has 0 heterocycles. The zero-order chi connectivity index (χ0) is 16.1. The van der Waals surface area contributed by atoms with E-state index in [1.807, 2.05) is 0 Å². The number of hydrogen-bond acceptors (Lipinski definition) is 0. The molecule has 0 aromatic rings. The van der Waals surface area contributed by atoms with Crippen molar-refractivity contribution in [2.45, 2.75) is 98.3 Å². The van der Waals surface area contributed by atoms with Gasteiger partial charge in [-0.3, -0.25) is 0 Å². The van der Waals surface area contributed by atoms with Crippen LogP contribution in [0, 0.1) is 0 Å². The van der Waals surface area contributed by atoms with Crippen molar-refractivity contribution in [1.82, 2.24) is 0 Å². The van der Waals surface area contributed by atoms with Crippen LogP contribution in [-0.4, -0.2) is 0 Å². The summed E-state index contributed by atoms with van der Waals surface area (Å²) >= 11 is 0. The van der Waals surface area contributed by atoms with E-state index in [0.717, 1.165) is 0 Å². The highest BCUT2D eigenvalue weighted by molar-refractivity contribution is 5.12. The van der Waals surface area contributed by atoms with Crippen LogP contribution in [0.1, 0.15) is 98.3 Å². The standard InChI is InChI=1S/C21H38/c1-7-13-19(5)15-10-12-17-21(20(6)8-2)16-11-9-14-18(3)4/h3,5,7-17H2,1-2,4,6H3. The lowest BCUT2D eigenvalue weighted by Crippen LogP contribution is -1.92. The largest absolute Gasteiger partial charge is 0.100 e. The summed E-state index contributed by atoms with van der Waals surface area (Å²) < 4.78 is 0. The quantitative estimate of drug-likeness (QED) is 0.240. The van der Waals surface area contributed by atoms with Crippen LogP contribution in [-0.2, 0) is 0 Å². The summed E-state index contributed by atoms with van der Waals surface area (Å²) in [5, 5.41) is 0. The SMILES string of the molecule is C=C(C)CCCCC(CCCCC(=C)CCC)=C(C)CC. The molecule has 0 aromatic carbocycles.